The summed E-state index contributed by atoms with van der Waals surface area (Å²) in [7, 11) is 0. The third-order valence-electron chi connectivity index (χ3n) is 3.88. The molecule has 0 amide bonds. The number of hydrogen-bond acceptors (Lipinski definition) is 3. The van der Waals surface area contributed by atoms with E-state index in [1.807, 2.05) is 30.5 Å². The molecule has 1 aromatic carbocycles. The SMILES string of the molecule is NC(Cc1c[nH]c2ccccc12)C(=O)OCCC1CC1. The molecule has 2 aromatic rings. The molecule has 1 unspecified atom stereocenters. The molecule has 20 heavy (non-hydrogen) atoms. The maximum atomic E-state index is 11.8. The van der Waals surface area contributed by atoms with E-state index in [2.05, 4.69) is 4.98 Å². The van der Waals surface area contributed by atoms with Crippen molar-refractivity contribution in [2.75, 3.05) is 6.61 Å². The number of rotatable bonds is 6. The summed E-state index contributed by atoms with van der Waals surface area (Å²) < 4.78 is 5.24. The summed E-state index contributed by atoms with van der Waals surface area (Å²) in [5, 5.41) is 1.12. The Balaban J connectivity index is 1.56. The van der Waals surface area contributed by atoms with E-state index >= 15 is 0 Å². The van der Waals surface area contributed by atoms with Crippen molar-refractivity contribution < 1.29 is 9.53 Å². The normalized spacial score (nSPS) is 16.2. The van der Waals surface area contributed by atoms with Crippen LogP contribution in [0.5, 0.6) is 0 Å². The van der Waals surface area contributed by atoms with Gasteiger partial charge in [0, 0.05) is 23.5 Å². The van der Waals surface area contributed by atoms with Gasteiger partial charge in [0.25, 0.3) is 0 Å². The highest BCUT2D eigenvalue weighted by Gasteiger charge is 2.22. The Morgan fingerprint density at radius 2 is 2.20 bits per heavy atom. The van der Waals surface area contributed by atoms with Crippen LogP contribution >= 0.6 is 0 Å². The Morgan fingerprint density at radius 1 is 1.40 bits per heavy atom. The van der Waals surface area contributed by atoms with Gasteiger partial charge in [0.1, 0.15) is 6.04 Å². The van der Waals surface area contributed by atoms with Crippen LogP contribution in [0.1, 0.15) is 24.8 Å². The van der Waals surface area contributed by atoms with Crippen molar-refractivity contribution in [2.24, 2.45) is 11.7 Å². The van der Waals surface area contributed by atoms with Gasteiger partial charge in [-0.25, -0.2) is 0 Å². The quantitative estimate of drug-likeness (QED) is 0.793. The maximum absolute atomic E-state index is 11.8. The molecule has 1 aliphatic carbocycles. The number of benzene rings is 1. The van der Waals surface area contributed by atoms with Gasteiger partial charge in [-0.3, -0.25) is 4.79 Å². The number of carbonyl (C=O) groups is 1. The van der Waals surface area contributed by atoms with Crippen molar-refractivity contribution in [1.29, 1.82) is 0 Å². The molecule has 1 saturated carbocycles. The molecule has 1 aromatic heterocycles. The standard InChI is InChI=1S/C16H20N2O2/c17-14(16(19)20-8-7-11-5-6-11)9-12-10-18-15-4-2-1-3-13(12)15/h1-4,10-11,14,18H,5-9,17H2. The lowest BCUT2D eigenvalue weighted by Gasteiger charge is -2.11. The van der Waals surface area contributed by atoms with Gasteiger partial charge in [-0.1, -0.05) is 31.0 Å². The molecule has 0 saturated heterocycles. The fourth-order valence-corrected chi connectivity index (χ4v) is 2.46. The predicted molar refractivity (Wildman–Crippen MR) is 78.3 cm³/mol. The molecule has 0 aliphatic heterocycles. The zero-order valence-corrected chi connectivity index (χ0v) is 11.5. The molecular weight excluding hydrogens is 252 g/mol. The van der Waals surface area contributed by atoms with Crippen LogP contribution in [0, 0.1) is 5.92 Å². The highest BCUT2D eigenvalue weighted by Crippen LogP contribution is 2.32. The van der Waals surface area contributed by atoms with E-state index in [9.17, 15) is 4.79 Å². The van der Waals surface area contributed by atoms with Crippen LogP contribution in [0.15, 0.2) is 30.5 Å². The molecule has 1 aliphatic rings. The zero-order chi connectivity index (χ0) is 13.9. The van der Waals surface area contributed by atoms with Gasteiger partial charge in [-0.15, -0.1) is 0 Å². The highest BCUT2D eigenvalue weighted by atomic mass is 16.5. The number of aromatic amines is 1. The third kappa shape index (κ3) is 3.02. The molecule has 0 spiro atoms. The van der Waals surface area contributed by atoms with Gasteiger partial charge in [-0.2, -0.15) is 0 Å². The predicted octanol–water partition coefficient (Wildman–Crippen LogP) is 2.38. The molecule has 3 N–H and O–H groups in total. The lowest BCUT2D eigenvalue weighted by atomic mass is 10.1. The molecule has 4 heteroatoms. The molecule has 4 nitrogen and oxygen atoms in total. The van der Waals surface area contributed by atoms with Gasteiger partial charge in [0.05, 0.1) is 6.61 Å². The Hall–Kier alpha value is -1.81. The highest BCUT2D eigenvalue weighted by molar-refractivity contribution is 5.84. The van der Waals surface area contributed by atoms with Gasteiger partial charge >= 0.3 is 5.97 Å². The average Bonchev–Trinajstić information content (AvgIpc) is 3.20. The number of carbonyl (C=O) groups excluding carboxylic acids is 1. The number of fused-ring (bicyclic) bond motifs is 1. The lowest BCUT2D eigenvalue weighted by Crippen LogP contribution is -2.34. The number of H-pyrrole nitrogens is 1. The third-order valence-corrected chi connectivity index (χ3v) is 3.88. The Bertz CT molecular complexity index is 601. The fourth-order valence-electron chi connectivity index (χ4n) is 2.46. The van der Waals surface area contributed by atoms with E-state index in [0.29, 0.717) is 13.0 Å². The van der Waals surface area contributed by atoms with Crippen molar-refractivity contribution in [2.45, 2.75) is 31.7 Å². The van der Waals surface area contributed by atoms with E-state index in [0.717, 1.165) is 28.8 Å². The minimum atomic E-state index is -0.589. The van der Waals surface area contributed by atoms with Crippen LogP contribution in [0.25, 0.3) is 10.9 Å². The van der Waals surface area contributed by atoms with Crippen LogP contribution in [-0.2, 0) is 16.0 Å². The summed E-state index contributed by atoms with van der Waals surface area (Å²) >= 11 is 0. The van der Waals surface area contributed by atoms with E-state index in [1.165, 1.54) is 12.8 Å². The second-order valence-electron chi connectivity index (χ2n) is 5.57. The monoisotopic (exact) mass is 272 g/mol. The van der Waals surface area contributed by atoms with Crippen molar-refractivity contribution >= 4 is 16.9 Å². The van der Waals surface area contributed by atoms with Crippen LogP contribution < -0.4 is 5.73 Å². The minimum absolute atomic E-state index is 0.295. The van der Waals surface area contributed by atoms with E-state index in [1.54, 1.807) is 0 Å². The first kappa shape index (κ1) is 13.2. The number of ether oxygens (including phenoxy) is 1. The molecule has 1 heterocycles. The lowest BCUT2D eigenvalue weighted by molar-refractivity contribution is -0.145. The second-order valence-corrected chi connectivity index (χ2v) is 5.57. The Morgan fingerprint density at radius 3 is 3.00 bits per heavy atom. The second kappa shape index (κ2) is 5.67. The molecule has 3 rings (SSSR count). The smallest absolute Gasteiger partial charge is 0.323 e. The molecular formula is C16H20N2O2. The summed E-state index contributed by atoms with van der Waals surface area (Å²) in [5.74, 6) is 0.476. The van der Waals surface area contributed by atoms with Crippen molar-refractivity contribution in [1.82, 2.24) is 4.98 Å². The molecule has 0 radical (unpaired) electrons. The Kier molecular flexibility index (Phi) is 3.74. The summed E-state index contributed by atoms with van der Waals surface area (Å²) in [4.78, 5) is 15.0. The first-order valence-electron chi connectivity index (χ1n) is 7.21. The number of nitrogens with one attached hydrogen (secondary N) is 1. The van der Waals surface area contributed by atoms with Crippen LogP contribution in [0.2, 0.25) is 0 Å². The van der Waals surface area contributed by atoms with Gasteiger partial charge in [-0.05, 0) is 24.0 Å². The van der Waals surface area contributed by atoms with E-state index in [-0.39, 0.29) is 5.97 Å². The maximum Gasteiger partial charge on any atom is 0.323 e. The van der Waals surface area contributed by atoms with E-state index in [4.69, 9.17) is 10.5 Å². The largest absolute Gasteiger partial charge is 0.465 e. The number of hydrogen-bond donors (Lipinski definition) is 2. The Labute approximate surface area is 118 Å². The van der Waals surface area contributed by atoms with E-state index < -0.39 is 6.04 Å². The summed E-state index contributed by atoms with van der Waals surface area (Å²) in [5.41, 5.74) is 8.07. The fraction of sp³-hybridized carbons (Fsp3) is 0.438. The van der Waals surface area contributed by atoms with Crippen LogP contribution in [0.3, 0.4) is 0 Å². The topological polar surface area (TPSA) is 68.1 Å². The molecule has 106 valence electrons. The molecule has 0 bridgehead atoms. The summed E-state index contributed by atoms with van der Waals surface area (Å²) in [6, 6.07) is 7.42. The van der Waals surface area contributed by atoms with Crippen LogP contribution in [-0.4, -0.2) is 23.6 Å². The van der Waals surface area contributed by atoms with Crippen LogP contribution in [0.4, 0.5) is 0 Å². The van der Waals surface area contributed by atoms with Crippen molar-refractivity contribution in [3.63, 3.8) is 0 Å². The minimum Gasteiger partial charge on any atom is -0.465 e. The van der Waals surface area contributed by atoms with Gasteiger partial charge in [0.2, 0.25) is 0 Å². The number of esters is 1. The van der Waals surface area contributed by atoms with Crippen molar-refractivity contribution in [3.8, 4) is 0 Å². The van der Waals surface area contributed by atoms with Gasteiger partial charge in [0.15, 0.2) is 0 Å². The average molecular weight is 272 g/mol. The molecule has 1 atom stereocenters. The van der Waals surface area contributed by atoms with Crippen molar-refractivity contribution in [3.05, 3.63) is 36.0 Å². The zero-order valence-electron chi connectivity index (χ0n) is 11.5. The number of nitrogens with two attached hydrogens (primary N) is 1. The summed E-state index contributed by atoms with van der Waals surface area (Å²) in [6.07, 6.45) is 5.96. The molecule has 1 fully saturated rings. The first-order valence-corrected chi connectivity index (χ1v) is 7.21. The first-order chi connectivity index (χ1) is 9.74. The summed E-state index contributed by atoms with van der Waals surface area (Å²) in [6.45, 7) is 0.505. The number of aromatic nitrogens is 1. The van der Waals surface area contributed by atoms with Gasteiger partial charge < -0.3 is 15.5 Å². The number of para-hydroxylation sites is 1.